The number of carbonyl (C=O) groups is 3. The number of carbonyl (C=O) groups excluding carboxylic acids is 3. The van der Waals surface area contributed by atoms with Gasteiger partial charge in [0, 0.05) is 19.3 Å². The Morgan fingerprint density at radius 1 is 0.296 bits per heavy atom. The molecule has 0 amide bonds. The minimum Gasteiger partial charge on any atom is -0.462 e. The molecule has 0 aliphatic rings. The molecular weight excluding hydrogens is 877 g/mol. The van der Waals surface area contributed by atoms with Crippen LogP contribution in [0.3, 0.4) is 0 Å². The van der Waals surface area contributed by atoms with Crippen molar-refractivity contribution in [1.82, 2.24) is 0 Å². The van der Waals surface area contributed by atoms with E-state index in [9.17, 15) is 14.4 Å². The lowest BCUT2D eigenvalue weighted by Gasteiger charge is -2.18. The molecule has 0 aromatic heterocycles. The summed E-state index contributed by atoms with van der Waals surface area (Å²) in [6.07, 6.45) is 78.6. The summed E-state index contributed by atoms with van der Waals surface area (Å²) in [6.45, 7) is 6.44. The molecule has 0 N–H and O–H groups in total. The number of ether oxygens (including phenoxy) is 3. The first-order valence-corrected chi connectivity index (χ1v) is 29.7. The topological polar surface area (TPSA) is 78.9 Å². The highest BCUT2D eigenvalue weighted by Gasteiger charge is 2.19. The molecule has 406 valence electrons. The molecule has 0 aliphatic carbocycles. The molecule has 0 bridgehead atoms. The predicted molar refractivity (Wildman–Crippen MR) is 307 cm³/mol. The van der Waals surface area contributed by atoms with Crippen LogP contribution in [0.1, 0.15) is 278 Å². The fourth-order valence-corrected chi connectivity index (χ4v) is 8.13. The van der Waals surface area contributed by atoms with E-state index < -0.39 is 6.10 Å². The van der Waals surface area contributed by atoms with Crippen LogP contribution < -0.4 is 0 Å². The van der Waals surface area contributed by atoms with E-state index in [1.165, 1.54) is 116 Å². The number of hydrogen-bond donors (Lipinski definition) is 0. The minimum atomic E-state index is -0.778. The third-order valence-electron chi connectivity index (χ3n) is 12.6. The molecule has 0 heterocycles. The molecule has 0 spiro atoms. The second kappa shape index (κ2) is 58.9. The minimum absolute atomic E-state index is 0.0785. The van der Waals surface area contributed by atoms with Gasteiger partial charge in [-0.1, -0.05) is 259 Å². The fraction of sp³-hybridized carbons (Fsp3) is 0.708. The SMILES string of the molecule is CC/C=C\C/C=C\C/C=C\C/C=C\C/C=C\C/C=C\C/C=C\CCCCCCCCCCCCCC(=O)OCC(COC(=O)CCCCCCCCCCCC)OC(=O)CCCCCCC/C=C\CCC. The number of allylic oxidation sites excluding steroid dienone is 16. The van der Waals surface area contributed by atoms with Gasteiger partial charge in [-0.3, -0.25) is 14.4 Å². The van der Waals surface area contributed by atoms with E-state index in [4.69, 9.17) is 14.2 Å². The molecule has 0 aromatic carbocycles. The highest BCUT2D eigenvalue weighted by atomic mass is 16.6. The van der Waals surface area contributed by atoms with Crippen molar-refractivity contribution in [3.05, 3.63) is 97.2 Å². The fourth-order valence-electron chi connectivity index (χ4n) is 8.13. The number of esters is 3. The van der Waals surface area contributed by atoms with Crippen LogP contribution in [0.25, 0.3) is 0 Å². The number of hydrogen-bond acceptors (Lipinski definition) is 6. The van der Waals surface area contributed by atoms with Crippen molar-refractivity contribution < 1.29 is 28.6 Å². The standard InChI is InChI=1S/C65H110O6/c1-4-7-10-13-16-19-22-23-24-25-26-27-28-29-30-31-32-33-34-35-36-37-38-39-40-41-42-43-44-47-49-52-55-58-64(67)70-61-62(71-65(68)59-56-53-50-46-21-18-15-12-9-6-3)60-69-63(66)57-54-51-48-45-20-17-14-11-8-5-2/h7,10,12,15-16,19,23-24,26-27,29-30,32-33,35-36,62H,4-6,8-9,11,13-14,17-18,20-22,25,28,31,34,37-61H2,1-3H3/b10-7-,15-12-,19-16-,24-23-,27-26-,30-29-,33-32-,36-35-. The van der Waals surface area contributed by atoms with Crippen molar-refractivity contribution in [2.75, 3.05) is 13.2 Å². The largest absolute Gasteiger partial charge is 0.462 e. The average molecular weight is 988 g/mol. The van der Waals surface area contributed by atoms with Crippen LogP contribution in [0.5, 0.6) is 0 Å². The molecule has 0 aliphatic heterocycles. The van der Waals surface area contributed by atoms with E-state index in [1.807, 2.05) is 0 Å². The van der Waals surface area contributed by atoms with E-state index >= 15 is 0 Å². The van der Waals surface area contributed by atoms with Gasteiger partial charge < -0.3 is 14.2 Å². The van der Waals surface area contributed by atoms with Gasteiger partial charge in [0.1, 0.15) is 13.2 Å². The van der Waals surface area contributed by atoms with Crippen molar-refractivity contribution >= 4 is 17.9 Å². The second-order valence-corrected chi connectivity index (χ2v) is 19.5. The first-order valence-electron chi connectivity index (χ1n) is 29.7. The molecule has 6 nitrogen and oxygen atoms in total. The third-order valence-corrected chi connectivity index (χ3v) is 12.6. The van der Waals surface area contributed by atoms with Crippen molar-refractivity contribution in [2.45, 2.75) is 284 Å². The maximum absolute atomic E-state index is 12.8. The number of unbranched alkanes of at least 4 members (excludes halogenated alkanes) is 26. The van der Waals surface area contributed by atoms with Gasteiger partial charge in [-0.05, 0) is 96.3 Å². The zero-order valence-corrected chi connectivity index (χ0v) is 46.5. The first-order chi connectivity index (χ1) is 35.0. The molecule has 0 aromatic rings. The van der Waals surface area contributed by atoms with Crippen molar-refractivity contribution in [2.24, 2.45) is 0 Å². The summed E-state index contributed by atoms with van der Waals surface area (Å²) >= 11 is 0. The van der Waals surface area contributed by atoms with Crippen LogP contribution in [0.2, 0.25) is 0 Å². The predicted octanol–water partition coefficient (Wildman–Crippen LogP) is 20.1. The summed E-state index contributed by atoms with van der Waals surface area (Å²) in [5.41, 5.74) is 0. The number of rotatable bonds is 53. The molecule has 1 unspecified atom stereocenters. The molecule has 71 heavy (non-hydrogen) atoms. The molecule has 1 atom stereocenters. The van der Waals surface area contributed by atoms with Gasteiger partial charge in [0.2, 0.25) is 0 Å². The lowest BCUT2D eigenvalue weighted by atomic mass is 10.0. The van der Waals surface area contributed by atoms with Gasteiger partial charge in [-0.2, -0.15) is 0 Å². The molecule has 0 saturated carbocycles. The van der Waals surface area contributed by atoms with E-state index in [0.29, 0.717) is 19.3 Å². The Morgan fingerprint density at radius 2 is 0.577 bits per heavy atom. The monoisotopic (exact) mass is 987 g/mol. The van der Waals surface area contributed by atoms with Crippen LogP contribution in [0, 0.1) is 0 Å². The molecule has 6 heteroatoms. The smallest absolute Gasteiger partial charge is 0.306 e. The van der Waals surface area contributed by atoms with Gasteiger partial charge in [0.25, 0.3) is 0 Å². The maximum Gasteiger partial charge on any atom is 0.306 e. The third kappa shape index (κ3) is 57.1. The summed E-state index contributed by atoms with van der Waals surface area (Å²) in [6, 6.07) is 0. The van der Waals surface area contributed by atoms with Gasteiger partial charge >= 0.3 is 17.9 Å². The van der Waals surface area contributed by atoms with Crippen LogP contribution >= 0.6 is 0 Å². The van der Waals surface area contributed by atoms with E-state index in [1.54, 1.807) is 0 Å². The van der Waals surface area contributed by atoms with Crippen molar-refractivity contribution in [1.29, 1.82) is 0 Å². The average Bonchev–Trinajstić information content (AvgIpc) is 3.37. The lowest BCUT2D eigenvalue weighted by Crippen LogP contribution is -2.30. The summed E-state index contributed by atoms with van der Waals surface area (Å²) in [7, 11) is 0. The highest BCUT2D eigenvalue weighted by Crippen LogP contribution is 2.15. The summed E-state index contributed by atoms with van der Waals surface area (Å²) in [5.74, 6) is -0.891. The Kier molecular flexibility index (Phi) is 55.9. The summed E-state index contributed by atoms with van der Waals surface area (Å²) < 4.78 is 16.8. The Balaban J connectivity index is 4.09. The van der Waals surface area contributed by atoms with Crippen LogP contribution in [-0.2, 0) is 28.6 Å². The Labute approximate surface area is 438 Å². The second-order valence-electron chi connectivity index (χ2n) is 19.5. The lowest BCUT2D eigenvalue weighted by molar-refractivity contribution is -0.167. The first kappa shape index (κ1) is 67.3. The Hall–Kier alpha value is -3.67. The maximum atomic E-state index is 12.8. The van der Waals surface area contributed by atoms with Crippen LogP contribution in [0.4, 0.5) is 0 Å². The molecule has 0 rings (SSSR count). The van der Waals surface area contributed by atoms with Crippen LogP contribution in [-0.4, -0.2) is 37.2 Å². The summed E-state index contributed by atoms with van der Waals surface area (Å²) in [5, 5.41) is 0. The Morgan fingerprint density at radius 3 is 0.930 bits per heavy atom. The zero-order chi connectivity index (χ0) is 51.4. The summed E-state index contributed by atoms with van der Waals surface area (Å²) in [4.78, 5) is 37.9. The van der Waals surface area contributed by atoms with Crippen molar-refractivity contribution in [3.63, 3.8) is 0 Å². The van der Waals surface area contributed by atoms with E-state index in [2.05, 4.69) is 118 Å². The molecule has 0 fully saturated rings. The van der Waals surface area contributed by atoms with E-state index in [0.717, 1.165) is 122 Å². The molecular formula is C65H110O6. The van der Waals surface area contributed by atoms with Gasteiger partial charge in [-0.25, -0.2) is 0 Å². The van der Waals surface area contributed by atoms with Gasteiger partial charge in [-0.15, -0.1) is 0 Å². The van der Waals surface area contributed by atoms with Crippen LogP contribution in [0.15, 0.2) is 97.2 Å². The highest BCUT2D eigenvalue weighted by molar-refractivity contribution is 5.71. The molecule has 0 saturated heterocycles. The molecule has 0 radical (unpaired) electrons. The van der Waals surface area contributed by atoms with Crippen molar-refractivity contribution in [3.8, 4) is 0 Å². The van der Waals surface area contributed by atoms with E-state index in [-0.39, 0.29) is 31.1 Å². The quantitative estimate of drug-likeness (QED) is 0.0261. The normalized spacial score (nSPS) is 12.8. The van der Waals surface area contributed by atoms with Gasteiger partial charge in [0.05, 0.1) is 0 Å². The Bertz CT molecular complexity index is 1410. The zero-order valence-electron chi connectivity index (χ0n) is 46.5. The van der Waals surface area contributed by atoms with Gasteiger partial charge in [0.15, 0.2) is 6.10 Å².